The van der Waals surface area contributed by atoms with Crippen molar-refractivity contribution < 1.29 is 17.6 Å². The van der Waals surface area contributed by atoms with Gasteiger partial charge in [-0.3, -0.25) is 4.99 Å². The predicted molar refractivity (Wildman–Crippen MR) is 141 cm³/mol. The summed E-state index contributed by atoms with van der Waals surface area (Å²) in [6.45, 7) is 10.4. The summed E-state index contributed by atoms with van der Waals surface area (Å²) in [6.07, 6.45) is 5.48. The molecule has 0 spiro atoms. The van der Waals surface area contributed by atoms with E-state index in [1.165, 1.54) is 6.07 Å². The summed E-state index contributed by atoms with van der Waals surface area (Å²) in [5, 5.41) is 2.76. The molecule has 0 aromatic heterocycles. The molecule has 37 heavy (non-hydrogen) atoms. The molecule has 6 nitrogen and oxygen atoms in total. The number of hydrogen-bond acceptors (Lipinski definition) is 4. The molecule has 196 valence electrons. The van der Waals surface area contributed by atoms with Crippen LogP contribution in [-0.2, 0) is 12.7 Å². The van der Waals surface area contributed by atoms with Crippen LogP contribution in [0, 0.1) is 5.82 Å². The van der Waals surface area contributed by atoms with Crippen LogP contribution in [0.5, 0.6) is 0 Å². The average Bonchev–Trinajstić information content (AvgIpc) is 3.31. The van der Waals surface area contributed by atoms with Crippen LogP contribution < -0.4 is 5.32 Å². The van der Waals surface area contributed by atoms with Crippen molar-refractivity contribution in [2.24, 2.45) is 15.0 Å². The molecule has 0 saturated carbocycles. The lowest BCUT2D eigenvalue weighted by molar-refractivity contribution is -0.140. The van der Waals surface area contributed by atoms with Gasteiger partial charge in [0.1, 0.15) is 29.1 Å². The van der Waals surface area contributed by atoms with Crippen molar-refractivity contribution in [1.82, 2.24) is 15.1 Å². The second-order valence-electron chi connectivity index (χ2n) is 8.58. The van der Waals surface area contributed by atoms with Gasteiger partial charge in [-0.05, 0) is 30.8 Å². The Labute approximate surface area is 214 Å². The molecular weight excluding hydrogens is 484 g/mol. The first-order valence-corrected chi connectivity index (χ1v) is 11.6. The largest absolute Gasteiger partial charge is 0.419 e. The lowest BCUT2D eigenvalue weighted by Crippen LogP contribution is -2.38. The van der Waals surface area contributed by atoms with Gasteiger partial charge in [0.05, 0.1) is 12.1 Å². The Morgan fingerprint density at radius 2 is 2.05 bits per heavy atom. The van der Waals surface area contributed by atoms with Crippen molar-refractivity contribution in [3.8, 4) is 0 Å². The number of benzene rings is 1. The zero-order valence-corrected chi connectivity index (χ0v) is 21.1. The smallest absolute Gasteiger partial charge is 0.383 e. The lowest BCUT2D eigenvalue weighted by Gasteiger charge is -2.28. The van der Waals surface area contributed by atoms with Crippen LogP contribution in [0.15, 0.2) is 93.8 Å². The van der Waals surface area contributed by atoms with Gasteiger partial charge in [0, 0.05) is 44.7 Å². The minimum Gasteiger partial charge on any atom is -0.383 e. The van der Waals surface area contributed by atoms with Gasteiger partial charge < -0.3 is 15.1 Å². The molecule has 10 heteroatoms. The van der Waals surface area contributed by atoms with Crippen LogP contribution in [0.3, 0.4) is 0 Å². The molecule has 0 saturated heterocycles. The zero-order valence-electron chi connectivity index (χ0n) is 21.1. The van der Waals surface area contributed by atoms with Gasteiger partial charge in [0.15, 0.2) is 0 Å². The van der Waals surface area contributed by atoms with Gasteiger partial charge in [-0.2, -0.15) is 13.2 Å². The number of amidine groups is 3. The van der Waals surface area contributed by atoms with Gasteiger partial charge in [-0.1, -0.05) is 43.5 Å². The number of nitrogens with one attached hydrogen (secondary N) is 1. The second-order valence-corrected chi connectivity index (χ2v) is 8.58. The Kier molecular flexibility index (Phi) is 8.86. The quantitative estimate of drug-likeness (QED) is 0.217. The van der Waals surface area contributed by atoms with Crippen LogP contribution in [0.25, 0.3) is 0 Å². The number of allylic oxidation sites excluding steroid dienone is 3. The van der Waals surface area contributed by atoms with E-state index in [0.29, 0.717) is 31.4 Å². The summed E-state index contributed by atoms with van der Waals surface area (Å²) in [7, 11) is 3.89. The van der Waals surface area contributed by atoms with E-state index in [9.17, 15) is 17.6 Å². The summed E-state index contributed by atoms with van der Waals surface area (Å²) < 4.78 is 53.1. The van der Waals surface area contributed by atoms with Gasteiger partial charge in [-0.25, -0.2) is 14.4 Å². The summed E-state index contributed by atoms with van der Waals surface area (Å²) >= 11 is 0. The predicted octanol–water partition coefficient (Wildman–Crippen LogP) is 5.45. The van der Waals surface area contributed by atoms with Crippen LogP contribution >= 0.6 is 0 Å². The first-order valence-electron chi connectivity index (χ1n) is 11.6. The van der Waals surface area contributed by atoms with Gasteiger partial charge in [0.25, 0.3) is 0 Å². The fourth-order valence-corrected chi connectivity index (χ4v) is 3.85. The molecule has 0 radical (unpaired) electrons. The number of nitrogens with zero attached hydrogens (tertiary/aromatic N) is 5. The Hall–Kier alpha value is -3.95. The molecule has 0 unspecified atom stereocenters. The monoisotopic (exact) mass is 514 g/mol. The van der Waals surface area contributed by atoms with E-state index >= 15 is 0 Å². The summed E-state index contributed by atoms with van der Waals surface area (Å²) in [5.74, 6) is 0.839. The Bertz CT molecular complexity index is 1230. The van der Waals surface area contributed by atoms with Crippen molar-refractivity contribution in [3.63, 3.8) is 0 Å². The van der Waals surface area contributed by atoms with Crippen molar-refractivity contribution in [3.05, 3.63) is 95.8 Å². The standard InChI is InChI=1S/C27H30F4N6/c1-6-8-20(13-15-36(4)5)22-11-12-24(37-16-14-32-26(22)37)35-19(3)34-18(2)33-17-21-9-7-10-23(25(21)28)27(29,30)31/h6-11,13,15,33H,1-2,12,14,16-17H2,3-5H3/b15-13-,20-8+,34-19-,35-24+. The highest BCUT2D eigenvalue weighted by Crippen LogP contribution is 2.32. The van der Waals surface area contributed by atoms with E-state index in [4.69, 9.17) is 0 Å². The molecule has 3 rings (SSSR count). The highest BCUT2D eigenvalue weighted by molar-refractivity contribution is 6.17. The summed E-state index contributed by atoms with van der Waals surface area (Å²) in [6, 6.07) is 3.16. The van der Waals surface area contributed by atoms with E-state index < -0.39 is 17.6 Å². The van der Waals surface area contributed by atoms with Crippen molar-refractivity contribution in [2.75, 3.05) is 27.2 Å². The molecule has 2 aliphatic rings. The highest BCUT2D eigenvalue weighted by atomic mass is 19.4. The van der Waals surface area contributed by atoms with Crippen LogP contribution in [0.2, 0.25) is 0 Å². The van der Waals surface area contributed by atoms with Crippen LogP contribution in [-0.4, -0.2) is 54.5 Å². The maximum atomic E-state index is 14.3. The van der Waals surface area contributed by atoms with Crippen LogP contribution in [0.1, 0.15) is 24.5 Å². The third-order valence-electron chi connectivity index (χ3n) is 5.50. The second kappa shape index (κ2) is 11.9. The molecule has 1 N–H and O–H groups in total. The van der Waals surface area contributed by atoms with Gasteiger partial charge in [-0.15, -0.1) is 0 Å². The summed E-state index contributed by atoms with van der Waals surface area (Å²) in [5.41, 5.74) is 0.542. The molecule has 0 amide bonds. The fourth-order valence-electron chi connectivity index (χ4n) is 3.85. The third-order valence-corrected chi connectivity index (χ3v) is 5.50. The Morgan fingerprint density at radius 1 is 1.30 bits per heavy atom. The van der Waals surface area contributed by atoms with E-state index in [-0.39, 0.29) is 17.9 Å². The first kappa shape index (κ1) is 27.6. The minimum absolute atomic E-state index is 0.135. The number of rotatable bonds is 8. The van der Waals surface area contributed by atoms with Gasteiger partial charge in [0.2, 0.25) is 0 Å². The number of fused-ring (bicyclic) bond motifs is 1. The molecular formula is C27H30F4N6. The molecule has 0 fully saturated rings. The maximum absolute atomic E-state index is 14.3. The lowest BCUT2D eigenvalue weighted by atomic mass is 9.98. The summed E-state index contributed by atoms with van der Waals surface area (Å²) in [4.78, 5) is 17.6. The van der Waals surface area contributed by atoms with Crippen molar-refractivity contribution >= 4 is 17.5 Å². The molecule has 2 heterocycles. The number of hydrogen-bond donors (Lipinski definition) is 1. The Morgan fingerprint density at radius 3 is 2.73 bits per heavy atom. The molecule has 0 bridgehead atoms. The van der Waals surface area contributed by atoms with Crippen molar-refractivity contribution in [2.45, 2.75) is 26.1 Å². The number of halogens is 4. The topological polar surface area (TPSA) is 55.6 Å². The van der Waals surface area contributed by atoms with E-state index in [1.807, 2.05) is 42.2 Å². The number of alkyl halides is 3. The molecule has 0 aliphatic carbocycles. The SMILES string of the molecule is C=C/C=C(\C=C/N(C)C)C1=CC/C(=N\C(C)=N/C(=C)NCc2cccc(C(F)(F)F)c2F)N2CCN=C12. The number of aliphatic imine (C=N–C) groups is 3. The van der Waals surface area contributed by atoms with Gasteiger partial charge >= 0.3 is 6.18 Å². The third kappa shape index (κ3) is 7.05. The molecule has 1 aromatic rings. The van der Waals surface area contributed by atoms with E-state index in [0.717, 1.165) is 28.9 Å². The minimum atomic E-state index is -4.77. The maximum Gasteiger partial charge on any atom is 0.419 e. The zero-order chi connectivity index (χ0) is 27.2. The highest BCUT2D eigenvalue weighted by Gasteiger charge is 2.34. The molecule has 1 aromatic carbocycles. The van der Waals surface area contributed by atoms with E-state index in [1.54, 1.807) is 13.0 Å². The first-order chi connectivity index (χ1) is 17.5. The normalized spacial score (nSPS) is 17.6. The molecule has 0 atom stereocenters. The van der Waals surface area contributed by atoms with Crippen molar-refractivity contribution in [1.29, 1.82) is 0 Å². The Balaban J connectivity index is 1.74. The fraction of sp³-hybridized carbons (Fsp3) is 0.296. The van der Waals surface area contributed by atoms with Crippen LogP contribution in [0.4, 0.5) is 17.6 Å². The van der Waals surface area contributed by atoms with E-state index in [2.05, 4.69) is 39.5 Å². The molecule has 2 aliphatic heterocycles. The average molecular weight is 515 g/mol.